The molecule has 0 atom stereocenters. The maximum Gasteiger partial charge on any atom is 0.328 e. The molecule has 202 valence electrons. The second kappa shape index (κ2) is 10.5. The summed E-state index contributed by atoms with van der Waals surface area (Å²) in [5.41, 5.74) is 10.8. The Morgan fingerprint density at radius 2 is 1.02 bits per heavy atom. The average Bonchev–Trinajstić information content (AvgIpc) is 3.29. The molecule has 7 rings (SSSR count). The van der Waals surface area contributed by atoms with Crippen molar-refractivity contribution >= 4 is 11.0 Å². The smallest absolute Gasteiger partial charge is 0.295 e. The Bertz CT molecular complexity index is 2110. The maximum atomic E-state index is 12.7. The summed E-state index contributed by atoms with van der Waals surface area (Å²) in [5.74, 6) is 0.674. The van der Waals surface area contributed by atoms with Gasteiger partial charge in [-0.1, -0.05) is 115 Å². The molecule has 0 bridgehead atoms. The number of rotatable bonds is 5. The normalized spacial score (nSPS) is 11.2. The standard InChI is InChI=1S/C37H28N4O/c1-40-34-18-10-17-31(35(34)41(2)37(40)42)29-15-9-16-30(23-29)33-24-32(38-36(39-33)28-13-7-4-8-14-28)27-21-19-26(20-22-27)25-11-5-3-6-12-25/h3-24H,1-2H3. The number of imidazole rings is 1. The molecule has 2 heterocycles. The quantitative estimate of drug-likeness (QED) is 0.221. The minimum atomic E-state index is -0.0418. The Kier molecular flexibility index (Phi) is 6.32. The van der Waals surface area contributed by atoms with Crippen LogP contribution in [0.25, 0.3) is 67.2 Å². The molecule has 0 aliphatic rings. The highest BCUT2D eigenvalue weighted by atomic mass is 16.1. The van der Waals surface area contributed by atoms with Crippen LogP contribution in [-0.4, -0.2) is 19.1 Å². The highest BCUT2D eigenvalue weighted by Crippen LogP contribution is 2.33. The van der Waals surface area contributed by atoms with Crippen LogP contribution in [0, 0.1) is 0 Å². The van der Waals surface area contributed by atoms with E-state index < -0.39 is 0 Å². The van der Waals surface area contributed by atoms with Crippen LogP contribution in [0.2, 0.25) is 0 Å². The van der Waals surface area contributed by atoms with E-state index in [0.29, 0.717) is 5.82 Å². The van der Waals surface area contributed by atoms with Gasteiger partial charge in [0.05, 0.1) is 22.4 Å². The largest absolute Gasteiger partial charge is 0.328 e. The van der Waals surface area contributed by atoms with Crippen molar-refractivity contribution in [3.63, 3.8) is 0 Å². The summed E-state index contributed by atoms with van der Waals surface area (Å²) in [7, 11) is 3.63. The van der Waals surface area contributed by atoms with Gasteiger partial charge in [-0.15, -0.1) is 0 Å². The van der Waals surface area contributed by atoms with Gasteiger partial charge in [0.25, 0.3) is 0 Å². The Hall–Kier alpha value is -5.55. The molecular formula is C37H28N4O. The predicted molar refractivity (Wildman–Crippen MR) is 171 cm³/mol. The van der Waals surface area contributed by atoms with Crippen LogP contribution in [0.5, 0.6) is 0 Å². The zero-order valence-corrected chi connectivity index (χ0v) is 23.4. The first-order valence-corrected chi connectivity index (χ1v) is 13.9. The van der Waals surface area contributed by atoms with Crippen LogP contribution < -0.4 is 5.69 Å². The van der Waals surface area contributed by atoms with Crippen molar-refractivity contribution < 1.29 is 0 Å². The summed E-state index contributed by atoms with van der Waals surface area (Å²) in [6.45, 7) is 0. The SMILES string of the molecule is Cn1c(=O)n(C)c2c(-c3cccc(-c4cc(-c5ccc(-c6ccccc6)cc5)nc(-c5ccccc5)n4)c3)cccc21. The first kappa shape index (κ1) is 25.4. The van der Waals surface area contributed by atoms with Crippen LogP contribution in [0.4, 0.5) is 0 Å². The highest BCUT2D eigenvalue weighted by molar-refractivity contribution is 5.93. The van der Waals surface area contributed by atoms with Crippen molar-refractivity contribution in [3.05, 3.63) is 144 Å². The lowest BCUT2D eigenvalue weighted by atomic mass is 9.99. The van der Waals surface area contributed by atoms with E-state index in [1.807, 2.05) is 68.7 Å². The molecular weight excluding hydrogens is 516 g/mol. The zero-order valence-electron chi connectivity index (χ0n) is 23.4. The lowest BCUT2D eigenvalue weighted by molar-refractivity contribution is 0.795. The summed E-state index contributed by atoms with van der Waals surface area (Å²) < 4.78 is 3.40. The van der Waals surface area contributed by atoms with E-state index in [1.54, 1.807) is 9.13 Å². The fourth-order valence-electron chi connectivity index (χ4n) is 5.58. The number of para-hydroxylation sites is 1. The molecule has 0 spiro atoms. The van der Waals surface area contributed by atoms with Crippen LogP contribution >= 0.6 is 0 Å². The lowest BCUT2D eigenvalue weighted by Gasteiger charge is -2.12. The van der Waals surface area contributed by atoms with Gasteiger partial charge >= 0.3 is 5.69 Å². The van der Waals surface area contributed by atoms with Gasteiger partial charge in [0.15, 0.2) is 5.82 Å². The summed E-state index contributed by atoms with van der Waals surface area (Å²) in [6, 6.07) is 45.4. The van der Waals surface area contributed by atoms with Gasteiger partial charge in [-0.2, -0.15) is 0 Å². The van der Waals surface area contributed by atoms with E-state index >= 15 is 0 Å². The molecule has 5 heteroatoms. The van der Waals surface area contributed by atoms with E-state index in [0.717, 1.165) is 55.8 Å². The van der Waals surface area contributed by atoms with E-state index in [1.165, 1.54) is 5.56 Å². The molecule has 0 fully saturated rings. The third-order valence-corrected chi connectivity index (χ3v) is 7.80. The Morgan fingerprint density at radius 3 is 1.74 bits per heavy atom. The monoisotopic (exact) mass is 544 g/mol. The fraction of sp³-hybridized carbons (Fsp3) is 0.0541. The Morgan fingerprint density at radius 1 is 0.476 bits per heavy atom. The van der Waals surface area contributed by atoms with Gasteiger partial charge in [-0.3, -0.25) is 9.13 Å². The fourth-order valence-corrected chi connectivity index (χ4v) is 5.58. The second-order valence-corrected chi connectivity index (χ2v) is 10.4. The number of nitrogens with zero attached hydrogens (tertiary/aromatic N) is 4. The summed E-state index contributed by atoms with van der Waals surface area (Å²) in [4.78, 5) is 22.7. The molecule has 0 saturated carbocycles. The van der Waals surface area contributed by atoms with Gasteiger partial charge in [0, 0.05) is 36.3 Å². The topological polar surface area (TPSA) is 52.7 Å². The van der Waals surface area contributed by atoms with E-state index in [4.69, 9.17) is 9.97 Å². The molecule has 5 nitrogen and oxygen atoms in total. The highest BCUT2D eigenvalue weighted by Gasteiger charge is 2.15. The minimum absolute atomic E-state index is 0.0418. The molecule has 0 radical (unpaired) electrons. The molecule has 7 aromatic rings. The first-order valence-electron chi connectivity index (χ1n) is 13.9. The number of benzene rings is 5. The van der Waals surface area contributed by atoms with Crippen molar-refractivity contribution in [3.8, 4) is 56.2 Å². The lowest BCUT2D eigenvalue weighted by Crippen LogP contribution is -2.19. The number of aryl methyl sites for hydroxylation is 2. The van der Waals surface area contributed by atoms with Crippen LogP contribution in [0.1, 0.15) is 0 Å². The van der Waals surface area contributed by atoms with E-state index in [2.05, 4.69) is 78.9 Å². The first-order chi connectivity index (χ1) is 20.6. The second-order valence-electron chi connectivity index (χ2n) is 10.4. The molecule has 5 aromatic carbocycles. The van der Waals surface area contributed by atoms with Gasteiger partial charge in [-0.05, 0) is 34.9 Å². The average molecular weight is 545 g/mol. The van der Waals surface area contributed by atoms with Gasteiger partial charge in [0.2, 0.25) is 0 Å². The molecule has 2 aromatic heterocycles. The Labute approximate surface area is 244 Å². The molecule has 0 aliphatic heterocycles. The number of fused-ring (bicyclic) bond motifs is 1. The zero-order chi connectivity index (χ0) is 28.6. The van der Waals surface area contributed by atoms with Crippen molar-refractivity contribution in [1.29, 1.82) is 0 Å². The van der Waals surface area contributed by atoms with Gasteiger partial charge < -0.3 is 0 Å². The molecule has 0 unspecified atom stereocenters. The number of hydrogen-bond donors (Lipinski definition) is 0. The predicted octanol–water partition coefficient (Wildman–Crippen LogP) is 8.00. The molecule has 0 amide bonds. The van der Waals surface area contributed by atoms with Gasteiger partial charge in [-0.25, -0.2) is 14.8 Å². The van der Waals surface area contributed by atoms with Crippen LogP contribution in [0.15, 0.2) is 138 Å². The van der Waals surface area contributed by atoms with Crippen molar-refractivity contribution in [2.45, 2.75) is 0 Å². The van der Waals surface area contributed by atoms with E-state index in [-0.39, 0.29) is 5.69 Å². The van der Waals surface area contributed by atoms with E-state index in [9.17, 15) is 4.79 Å². The summed E-state index contributed by atoms with van der Waals surface area (Å²) in [6.07, 6.45) is 0. The summed E-state index contributed by atoms with van der Waals surface area (Å²) in [5, 5.41) is 0. The van der Waals surface area contributed by atoms with Crippen molar-refractivity contribution in [2.75, 3.05) is 0 Å². The molecule has 0 N–H and O–H groups in total. The molecule has 0 saturated heterocycles. The molecule has 42 heavy (non-hydrogen) atoms. The van der Waals surface area contributed by atoms with Gasteiger partial charge in [0.1, 0.15) is 0 Å². The third-order valence-electron chi connectivity index (χ3n) is 7.80. The Balaban J connectivity index is 1.36. The number of hydrogen-bond acceptors (Lipinski definition) is 3. The third kappa shape index (κ3) is 4.51. The van der Waals surface area contributed by atoms with Crippen LogP contribution in [0.3, 0.4) is 0 Å². The summed E-state index contributed by atoms with van der Waals surface area (Å²) >= 11 is 0. The number of aromatic nitrogens is 4. The maximum absolute atomic E-state index is 12.7. The van der Waals surface area contributed by atoms with Crippen LogP contribution in [-0.2, 0) is 14.1 Å². The van der Waals surface area contributed by atoms with Crippen molar-refractivity contribution in [2.24, 2.45) is 14.1 Å². The minimum Gasteiger partial charge on any atom is -0.295 e. The molecule has 0 aliphatic carbocycles. The van der Waals surface area contributed by atoms with Crippen molar-refractivity contribution in [1.82, 2.24) is 19.1 Å².